The standard InChI is InChI=1S/C16H24ClNO/c1-13(11-18-16-5-3-2-4-6-16)19-12-14-7-9-15(17)10-8-14/h7-10,13,16,18H,2-6,11-12H2,1H3. The van der Waals surface area contributed by atoms with Crippen LogP contribution < -0.4 is 5.32 Å². The number of nitrogens with one attached hydrogen (secondary N) is 1. The number of benzene rings is 1. The Bertz CT molecular complexity index is 360. The lowest BCUT2D eigenvalue weighted by Crippen LogP contribution is -2.36. The Morgan fingerprint density at radius 3 is 2.58 bits per heavy atom. The highest BCUT2D eigenvalue weighted by Crippen LogP contribution is 2.17. The van der Waals surface area contributed by atoms with Gasteiger partial charge in [-0.05, 0) is 37.5 Å². The first-order chi connectivity index (χ1) is 9.24. The average molecular weight is 282 g/mol. The molecule has 0 saturated heterocycles. The van der Waals surface area contributed by atoms with Gasteiger partial charge in [-0.25, -0.2) is 0 Å². The maximum Gasteiger partial charge on any atom is 0.0721 e. The lowest BCUT2D eigenvalue weighted by atomic mass is 9.95. The monoisotopic (exact) mass is 281 g/mol. The third kappa shape index (κ3) is 5.52. The van der Waals surface area contributed by atoms with Crippen LogP contribution in [0.15, 0.2) is 24.3 Å². The van der Waals surface area contributed by atoms with E-state index in [1.807, 2.05) is 24.3 Å². The normalized spacial score (nSPS) is 18.4. The summed E-state index contributed by atoms with van der Waals surface area (Å²) in [6.07, 6.45) is 7.04. The predicted molar refractivity (Wildman–Crippen MR) is 80.6 cm³/mol. The zero-order valence-electron chi connectivity index (χ0n) is 11.7. The summed E-state index contributed by atoms with van der Waals surface area (Å²) >= 11 is 5.86. The summed E-state index contributed by atoms with van der Waals surface area (Å²) in [4.78, 5) is 0. The molecule has 0 bridgehead atoms. The Hall–Kier alpha value is -0.570. The van der Waals surface area contributed by atoms with E-state index >= 15 is 0 Å². The van der Waals surface area contributed by atoms with E-state index < -0.39 is 0 Å². The third-order valence-corrected chi connectivity index (χ3v) is 4.00. The Labute approximate surface area is 121 Å². The van der Waals surface area contributed by atoms with Crippen molar-refractivity contribution in [3.8, 4) is 0 Å². The van der Waals surface area contributed by atoms with Crippen LogP contribution in [-0.4, -0.2) is 18.7 Å². The molecular formula is C16H24ClNO. The Morgan fingerprint density at radius 2 is 1.89 bits per heavy atom. The first kappa shape index (κ1) is 14.8. The highest BCUT2D eigenvalue weighted by atomic mass is 35.5. The zero-order chi connectivity index (χ0) is 13.5. The van der Waals surface area contributed by atoms with E-state index in [1.165, 1.54) is 37.7 Å². The molecule has 2 rings (SSSR count). The van der Waals surface area contributed by atoms with Crippen molar-refractivity contribution in [2.24, 2.45) is 0 Å². The van der Waals surface area contributed by atoms with Crippen molar-refractivity contribution >= 4 is 11.6 Å². The van der Waals surface area contributed by atoms with Gasteiger partial charge in [-0.1, -0.05) is 43.0 Å². The van der Waals surface area contributed by atoms with Crippen LogP contribution in [0.1, 0.15) is 44.6 Å². The van der Waals surface area contributed by atoms with E-state index in [1.54, 1.807) is 0 Å². The van der Waals surface area contributed by atoms with E-state index in [0.717, 1.165) is 11.6 Å². The molecule has 0 spiro atoms. The molecule has 0 radical (unpaired) electrons. The summed E-state index contributed by atoms with van der Waals surface area (Å²) < 4.78 is 5.85. The number of ether oxygens (including phenoxy) is 1. The predicted octanol–water partition coefficient (Wildman–Crippen LogP) is 4.17. The van der Waals surface area contributed by atoms with E-state index in [4.69, 9.17) is 16.3 Å². The van der Waals surface area contributed by atoms with Crippen molar-refractivity contribution in [3.63, 3.8) is 0 Å². The first-order valence-corrected chi connectivity index (χ1v) is 7.71. The summed E-state index contributed by atoms with van der Waals surface area (Å²) in [6.45, 7) is 3.73. The largest absolute Gasteiger partial charge is 0.373 e. The minimum absolute atomic E-state index is 0.248. The van der Waals surface area contributed by atoms with E-state index in [0.29, 0.717) is 12.6 Å². The molecule has 1 atom stereocenters. The fourth-order valence-electron chi connectivity index (χ4n) is 2.52. The molecule has 3 heteroatoms. The average Bonchev–Trinajstić information content (AvgIpc) is 2.45. The molecule has 1 aromatic rings. The van der Waals surface area contributed by atoms with Gasteiger partial charge >= 0.3 is 0 Å². The molecular weight excluding hydrogens is 258 g/mol. The van der Waals surface area contributed by atoms with Crippen LogP contribution in [0.3, 0.4) is 0 Å². The number of rotatable bonds is 6. The van der Waals surface area contributed by atoms with Crippen LogP contribution in [0.25, 0.3) is 0 Å². The van der Waals surface area contributed by atoms with Gasteiger partial charge in [-0.3, -0.25) is 0 Å². The van der Waals surface area contributed by atoms with E-state index in [9.17, 15) is 0 Å². The summed E-state index contributed by atoms with van der Waals surface area (Å²) in [7, 11) is 0. The molecule has 0 amide bonds. The second-order valence-corrected chi connectivity index (χ2v) is 5.93. The van der Waals surface area contributed by atoms with Crippen LogP contribution in [0, 0.1) is 0 Å². The van der Waals surface area contributed by atoms with Gasteiger partial charge in [0.2, 0.25) is 0 Å². The summed E-state index contributed by atoms with van der Waals surface area (Å²) in [5.41, 5.74) is 1.17. The molecule has 2 nitrogen and oxygen atoms in total. The maximum atomic E-state index is 5.86. The fraction of sp³-hybridized carbons (Fsp3) is 0.625. The summed E-state index contributed by atoms with van der Waals surface area (Å²) in [5, 5.41) is 4.39. The van der Waals surface area contributed by atoms with Crippen molar-refractivity contribution in [1.29, 1.82) is 0 Å². The van der Waals surface area contributed by atoms with Gasteiger partial charge < -0.3 is 10.1 Å². The van der Waals surface area contributed by atoms with Crippen LogP contribution in [-0.2, 0) is 11.3 Å². The summed E-state index contributed by atoms with van der Waals surface area (Å²) in [6, 6.07) is 8.55. The number of hydrogen-bond acceptors (Lipinski definition) is 2. The zero-order valence-corrected chi connectivity index (χ0v) is 12.5. The molecule has 1 aromatic carbocycles. The molecule has 0 aliphatic heterocycles. The quantitative estimate of drug-likeness (QED) is 0.845. The molecule has 1 saturated carbocycles. The minimum atomic E-state index is 0.248. The van der Waals surface area contributed by atoms with Gasteiger partial charge in [0, 0.05) is 17.6 Å². The lowest BCUT2D eigenvalue weighted by molar-refractivity contribution is 0.0504. The number of hydrogen-bond donors (Lipinski definition) is 1. The van der Waals surface area contributed by atoms with Crippen molar-refractivity contribution in [3.05, 3.63) is 34.9 Å². The molecule has 106 valence electrons. The van der Waals surface area contributed by atoms with Gasteiger partial charge in [-0.15, -0.1) is 0 Å². The molecule has 0 heterocycles. The Kier molecular flexibility index (Phi) is 6.15. The van der Waals surface area contributed by atoms with Crippen molar-refractivity contribution in [1.82, 2.24) is 5.32 Å². The van der Waals surface area contributed by atoms with Crippen molar-refractivity contribution in [2.75, 3.05) is 6.54 Å². The third-order valence-electron chi connectivity index (χ3n) is 3.75. The van der Waals surface area contributed by atoms with Crippen molar-refractivity contribution in [2.45, 2.75) is 57.8 Å². The minimum Gasteiger partial charge on any atom is -0.373 e. The van der Waals surface area contributed by atoms with Gasteiger partial charge in [-0.2, -0.15) is 0 Å². The fourth-order valence-corrected chi connectivity index (χ4v) is 2.64. The highest BCUT2D eigenvalue weighted by Gasteiger charge is 2.13. The van der Waals surface area contributed by atoms with Crippen LogP contribution in [0.2, 0.25) is 5.02 Å². The van der Waals surface area contributed by atoms with E-state index in [2.05, 4.69) is 12.2 Å². The first-order valence-electron chi connectivity index (χ1n) is 7.33. The molecule has 1 unspecified atom stereocenters. The highest BCUT2D eigenvalue weighted by molar-refractivity contribution is 6.30. The van der Waals surface area contributed by atoms with Crippen LogP contribution in [0.4, 0.5) is 0 Å². The molecule has 0 aromatic heterocycles. The molecule has 1 fully saturated rings. The number of halogens is 1. The lowest BCUT2D eigenvalue weighted by Gasteiger charge is -2.24. The van der Waals surface area contributed by atoms with Crippen molar-refractivity contribution < 1.29 is 4.74 Å². The van der Waals surface area contributed by atoms with Gasteiger partial charge in [0.05, 0.1) is 12.7 Å². The molecule has 1 aliphatic rings. The Morgan fingerprint density at radius 1 is 1.21 bits per heavy atom. The summed E-state index contributed by atoms with van der Waals surface area (Å²) in [5.74, 6) is 0. The molecule has 19 heavy (non-hydrogen) atoms. The van der Waals surface area contributed by atoms with E-state index in [-0.39, 0.29) is 6.10 Å². The van der Waals surface area contributed by atoms with Gasteiger partial charge in [0.1, 0.15) is 0 Å². The SMILES string of the molecule is CC(CNC1CCCCC1)OCc1ccc(Cl)cc1. The second kappa shape index (κ2) is 7.88. The molecule has 1 aliphatic carbocycles. The van der Waals surface area contributed by atoms with Crippen LogP contribution >= 0.6 is 11.6 Å². The van der Waals surface area contributed by atoms with Gasteiger partial charge in [0.15, 0.2) is 0 Å². The Balaban J connectivity index is 1.63. The van der Waals surface area contributed by atoms with Crippen LogP contribution in [0.5, 0.6) is 0 Å². The smallest absolute Gasteiger partial charge is 0.0721 e. The molecule has 1 N–H and O–H groups in total. The topological polar surface area (TPSA) is 21.3 Å². The maximum absolute atomic E-state index is 5.86. The second-order valence-electron chi connectivity index (χ2n) is 5.49. The van der Waals surface area contributed by atoms with Gasteiger partial charge in [0.25, 0.3) is 0 Å².